The first-order chi connectivity index (χ1) is 6.29. The van der Waals surface area contributed by atoms with Crippen molar-refractivity contribution < 1.29 is 0 Å². The number of hydrogen-bond acceptors (Lipinski definition) is 5. The van der Waals surface area contributed by atoms with Crippen molar-refractivity contribution in [3.63, 3.8) is 0 Å². The summed E-state index contributed by atoms with van der Waals surface area (Å²) in [7, 11) is 0. The minimum absolute atomic E-state index is 0.592. The molecule has 0 bridgehead atoms. The number of hydrogen-bond donors (Lipinski definition) is 1. The third-order valence-electron chi connectivity index (χ3n) is 1.70. The number of aryl methyl sites for hydroxylation is 1. The molecule has 0 aliphatic rings. The second-order valence-corrected chi connectivity index (χ2v) is 3.45. The van der Waals surface area contributed by atoms with Crippen LogP contribution in [-0.4, -0.2) is 15.0 Å². The molecule has 0 saturated heterocycles. The van der Waals surface area contributed by atoms with Crippen LogP contribution >= 0.6 is 11.3 Å². The molecule has 0 atom stereocenters. The maximum Gasteiger partial charge on any atom is 0.116 e. The molecule has 0 aromatic carbocycles. The van der Waals surface area contributed by atoms with E-state index in [4.69, 9.17) is 5.73 Å². The fourth-order valence-electron chi connectivity index (χ4n) is 1.06. The van der Waals surface area contributed by atoms with Crippen LogP contribution in [0.2, 0.25) is 0 Å². The molecule has 2 N–H and O–H groups in total. The van der Waals surface area contributed by atoms with Gasteiger partial charge in [-0.25, -0.2) is 15.0 Å². The van der Waals surface area contributed by atoms with Gasteiger partial charge in [0.1, 0.15) is 12.0 Å². The van der Waals surface area contributed by atoms with Gasteiger partial charge < -0.3 is 5.73 Å². The minimum Gasteiger partial charge on any atom is -0.396 e. The highest BCUT2D eigenvalue weighted by Gasteiger charge is 2.08. The van der Waals surface area contributed by atoms with Crippen LogP contribution in [0.25, 0.3) is 10.6 Å². The van der Waals surface area contributed by atoms with E-state index in [9.17, 15) is 0 Å². The first-order valence-corrected chi connectivity index (χ1v) is 4.63. The highest BCUT2D eigenvalue weighted by molar-refractivity contribution is 7.13. The van der Waals surface area contributed by atoms with Crippen molar-refractivity contribution in [3.8, 4) is 10.6 Å². The second-order valence-electron chi connectivity index (χ2n) is 2.59. The highest BCUT2D eigenvalue weighted by Crippen LogP contribution is 2.28. The van der Waals surface area contributed by atoms with E-state index in [0.717, 1.165) is 16.3 Å². The van der Waals surface area contributed by atoms with Gasteiger partial charge in [-0.05, 0) is 6.92 Å². The van der Waals surface area contributed by atoms with Crippen LogP contribution < -0.4 is 5.73 Å². The molecule has 2 aromatic rings. The lowest BCUT2D eigenvalue weighted by atomic mass is 10.2. The Morgan fingerprint density at radius 1 is 1.38 bits per heavy atom. The highest BCUT2D eigenvalue weighted by atomic mass is 32.1. The Kier molecular flexibility index (Phi) is 1.94. The maximum atomic E-state index is 5.73. The number of nitrogens with two attached hydrogens (primary N) is 1. The van der Waals surface area contributed by atoms with E-state index in [1.165, 1.54) is 17.7 Å². The number of thiazole rings is 1. The quantitative estimate of drug-likeness (QED) is 0.743. The molecule has 4 nitrogen and oxygen atoms in total. The largest absolute Gasteiger partial charge is 0.396 e. The SMILES string of the molecule is Cc1ncsc1-c1ncncc1N. The molecular formula is C8H8N4S. The number of anilines is 1. The molecular weight excluding hydrogens is 184 g/mol. The monoisotopic (exact) mass is 192 g/mol. The molecule has 0 fully saturated rings. The smallest absolute Gasteiger partial charge is 0.116 e. The third kappa shape index (κ3) is 1.38. The Morgan fingerprint density at radius 2 is 2.23 bits per heavy atom. The van der Waals surface area contributed by atoms with Crippen LogP contribution in [0.5, 0.6) is 0 Å². The first kappa shape index (κ1) is 8.12. The van der Waals surface area contributed by atoms with Gasteiger partial charge in [-0.2, -0.15) is 0 Å². The Morgan fingerprint density at radius 3 is 2.85 bits per heavy atom. The summed E-state index contributed by atoms with van der Waals surface area (Å²) < 4.78 is 0. The molecule has 0 amide bonds. The van der Waals surface area contributed by atoms with Crippen molar-refractivity contribution in [3.05, 3.63) is 23.7 Å². The zero-order valence-electron chi connectivity index (χ0n) is 7.06. The average molecular weight is 192 g/mol. The Hall–Kier alpha value is -1.49. The molecule has 0 unspecified atom stereocenters. The fourth-order valence-corrected chi connectivity index (χ4v) is 1.88. The van der Waals surface area contributed by atoms with Crippen molar-refractivity contribution in [2.24, 2.45) is 0 Å². The van der Waals surface area contributed by atoms with E-state index in [-0.39, 0.29) is 0 Å². The second kappa shape index (κ2) is 3.10. The molecule has 0 aliphatic carbocycles. The van der Waals surface area contributed by atoms with Crippen LogP contribution in [0.3, 0.4) is 0 Å². The number of nitrogen functional groups attached to an aromatic ring is 1. The van der Waals surface area contributed by atoms with E-state index in [1.54, 1.807) is 11.7 Å². The van der Waals surface area contributed by atoms with Crippen LogP contribution in [0.1, 0.15) is 5.69 Å². The minimum atomic E-state index is 0.592. The summed E-state index contributed by atoms with van der Waals surface area (Å²) in [4.78, 5) is 13.1. The Balaban J connectivity index is 2.59. The fraction of sp³-hybridized carbons (Fsp3) is 0.125. The van der Waals surface area contributed by atoms with Gasteiger partial charge in [0.05, 0.1) is 28.0 Å². The third-order valence-corrected chi connectivity index (χ3v) is 2.64. The van der Waals surface area contributed by atoms with Crippen molar-refractivity contribution in [2.75, 3.05) is 5.73 Å². The van der Waals surface area contributed by atoms with Crippen LogP contribution in [0.15, 0.2) is 18.0 Å². The van der Waals surface area contributed by atoms with Gasteiger partial charge in [-0.3, -0.25) is 0 Å². The maximum absolute atomic E-state index is 5.73. The molecule has 2 aromatic heterocycles. The van der Waals surface area contributed by atoms with Gasteiger partial charge in [0, 0.05) is 0 Å². The molecule has 66 valence electrons. The summed E-state index contributed by atoms with van der Waals surface area (Å²) in [6, 6.07) is 0. The van der Waals surface area contributed by atoms with Crippen molar-refractivity contribution >= 4 is 17.0 Å². The molecule has 0 radical (unpaired) electrons. The summed E-state index contributed by atoms with van der Waals surface area (Å²) in [5, 5.41) is 0. The lowest BCUT2D eigenvalue weighted by molar-refractivity contribution is 1.17. The van der Waals surface area contributed by atoms with Gasteiger partial charge >= 0.3 is 0 Å². The molecule has 2 heterocycles. The number of nitrogens with zero attached hydrogens (tertiary/aromatic N) is 3. The van der Waals surface area contributed by atoms with Crippen LogP contribution in [0.4, 0.5) is 5.69 Å². The molecule has 13 heavy (non-hydrogen) atoms. The van der Waals surface area contributed by atoms with Crippen molar-refractivity contribution in [1.82, 2.24) is 15.0 Å². The summed E-state index contributed by atoms with van der Waals surface area (Å²) >= 11 is 1.54. The molecule has 0 saturated carbocycles. The topological polar surface area (TPSA) is 64.7 Å². The first-order valence-electron chi connectivity index (χ1n) is 3.75. The lowest BCUT2D eigenvalue weighted by Crippen LogP contribution is -1.93. The van der Waals surface area contributed by atoms with Gasteiger partial charge in [-0.15, -0.1) is 11.3 Å². The summed E-state index contributed by atoms with van der Waals surface area (Å²) in [5.41, 5.74) is 9.84. The van der Waals surface area contributed by atoms with Crippen LogP contribution in [-0.2, 0) is 0 Å². The summed E-state index contributed by atoms with van der Waals surface area (Å²) in [5.74, 6) is 0. The van der Waals surface area contributed by atoms with Crippen molar-refractivity contribution in [2.45, 2.75) is 6.92 Å². The predicted octanol–water partition coefficient (Wildman–Crippen LogP) is 1.49. The molecule has 2 rings (SSSR count). The zero-order valence-corrected chi connectivity index (χ0v) is 7.88. The van der Waals surface area contributed by atoms with E-state index < -0.39 is 0 Å². The van der Waals surface area contributed by atoms with Gasteiger partial charge in [0.25, 0.3) is 0 Å². The lowest BCUT2D eigenvalue weighted by Gasteiger charge is -2.00. The van der Waals surface area contributed by atoms with Gasteiger partial charge in [0.15, 0.2) is 0 Å². The van der Waals surface area contributed by atoms with E-state index >= 15 is 0 Å². The Bertz CT molecular complexity index is 424. The Labute approximate surface area is 79.5 Å². The summed E-state index contributed by atoms with van der Waals surface area (Å²) in [6.07, 6.45) is 3.09. The van der Waals surface area contributed by atoms with Gasteiger partial charge in [0.2, 0.25) is 0 Å². The molecule has 0 spiro atoms. The number of rotatable bonds is 1. The average Bonchev–Trinajstić information content (AvgIpc) is 2.52. The predicted molar refractivity (Wildman–Crippen MR) is 52.3 cm³/mol. The summed E-state index contributed by atoms with van der Waals surface area (Å²) in [6.45, 7) is 1.94. The zero-order chi connectivity index (χ0) is 9.26. The van der Waals surface area contributed by atoms with E-state index in [0.29, 0.717) is 5.69 Å². The number of aromatic nitrogens is 3. The van der Waals surface area contributed by atoms with E-state index in [2.05, 4.69) is 15.0 Å². The van der Waals surface area contributed by atoms with Crippen LogP contribution in [0, 0.1) is 6.92 Å². The van der Waals surface area contributed by atoms with Crippen molar-refractivity contribution in [1.29, 1.82) is 0 Å². The normalized spacial score (nSPS) is 10.2. The van der Waals surface area contributed by atoms with E-state index in [1.807, 2.05) is 6.92 Å². The molecule has 5 heteroatoms. The molecule has 0 aliphatic heterocycles. The van der Waals surface area contributed by atoms with Gasteiger partial charge in [-0.1, -0.05) is 0 Å². The standard InChI is InChI=1S/C8H8N4S/c1-5-8(13-4-12-5)7-6(9)2-10-3-11-7/h2-4H,9H2,1H3.